The highest BCUT2D eigenvalue weighted by Gasteiger charge is 2.31. The van der Waals surface area contributed by atoms with Crippen molar-refractivity contribution in [1.29, 1.82) is 0 Å². The lowest BCUT2D eigenvalue weighted by Crippen LogP contribution is -2.23. The van der Waals surface area contributed by atoms with E-state index in [1.807, 2.05) is 0 Å². The minimum absolute atomic E-state index is 0.656. The summed E-state index contributed by atoms with van der Waals surface area (Å²) in [6.07, 6.45) is -4.98. The molecule has 1 nitrogen and oxygen atoms in total. The molecule has 0 aliphatic heterocycles. The van der Waals surface area contributed by atoms with E-state index in [2.05, 4.69) is 5.32 Å². The molecular weight excluding hydrogens is 191 g/mol. The molecule has 0 bridgehead atoms. The highest BCUT2D eigenvalue weighted by molar-refractivity contribution is 5.18. The molecule has 0 aliphatic carbocycles. The summed E-state index contributed by atoms with van der Waals surface area (Å²) in [6, 6.07) is 7.96. The third-order valence-corrected chi connectivity index (χ3v) is 1.99. The van der Waals surface area contributed by atoms with Crippen LogP contribution in [0.4, 0.5) is 13.2 Å². The first-order chi connectivity index (χ1) is 6.53. The van der Waals surface area contributed by atoms with Crippen LogP contribution in [0, 0.1) is 0 Å². The molecule has 1 aromatic carbocycles. The highest BCUT2D eigenvalue weighted by atomic mass is 19.4. The number of hydrogen-bond acceptors (Lipinski definition) is 1. The van der Waals surface area contributed by atoms with Crippen LogP contribution in [0.1, 0.15) is 18.0 Å². The summed E-state index contributed by atoms with van der Waals surface area (Å²) < 4.78 is 36.4. The van der Waals surface area contributed by atoms with Gasteiger partial charge < -0.3 is 5.32 Å². The molecule has 1 N–H and O–H groups in total. The molecule has 0 heterocycles. The largest absolute Gasteiger partial charge is 0.390 e. The Bertz CT molecular complexity index is 268. The Balaban J connectivity index is 2.73. The van der Waals surface area contributed by atoms with Gasteiger partial charge >= 0.3 is 6.18 Å². The van der Waals surface area contributed by atoms with Gasteiger partial charge in [-0.1, -0.05) is 30.3 Å². The van der Waals surface area contributed by atoms with E-state index >= 15 is 0 Å². The Labute approximate surface area is 80.9 Å². The third-order valence-electron chi connectivity index (χ3n) is 1.99. The summed E-state index contributed by atoms with van der Waals surface area (Å²) in [5, 5.41) is 2.65. The molecule has 0 saturated heterocycles. The van der Waals surface area contributed by atoms with E-state index in [4.69, 9.17) is 0 Å². The normalized spacial score (nSPS) is 14.0. The predicted octanol–water partition coefficient (Wildman–Crippen LogP) is 2.90. The SMILES string of the molecule is CNC(CC(F)(F)F)c1ccccc1. The fraction of sp³-hybridized carbons (Fsp3) is 0.400. The number of rotatable bonds is 3. The minimum Gasteiger partial charge on any atom is -0.313 e. The average molecular weight is 203 g/mol. The summed E-state index contributed by atoms with van der Waals surface area (Å²) in [4.78, 5) is 0. The van der Waals surface area contributed by atoms with Crippen LogP contribution in [0.2, 0.25) is 0 Å². The molecule has 1 atom stereocenters. The van der Waals surface area contributed by atoms with Gasteiger partial charge in [0.1, 0.15) is 0 Å². The number of nitrogens with one attached hydrogen (secondary N) is 1. The second kappa shape index (κ2) is 4.46. The van der Waals surface area contributed by atoms with Gasteiger partial charge in [0.2, 0.25) is 0 Å². The molecule has 0 fully saturated rings. The van der Waals surface area contributed by atoms with Crippen molar-refractivity contribution < 1.29 is 13.2 Å². The summed E-state index contributed by atoms with van der Waals surface area (Å²) in [5.74, 6) is 0. The molecule has 1 rings (SSSR count). The van der Waals surface area contributed by atoms with E-state index in [-0.39, 0.29) is 0 Å². The van der Waals surface area contributed by atoms with Gasteiger partial charge in [-0.2, -0.15) is 13.2 Å². The van der Waals surface area contributed by atoms with E-state index < -0.39 is 18.6 Å². The smallest absolute Gasteiger partial charge is 0.313 e. The van der Waals surface area contributed by atoms with E-state index in [1.165, 1.54) is 7.05 Å². The number of alkyl halides is 3. The molecule has 0 saturated carbocycles. The van der Waals surface area contributed by atoms with Crippen LogP contribution in [0.3, 0.4) is 0 Å². The quantitative estimate of drug-likeness (QED) is 0.796. The van der Waals surface area contributed by atoms with Gasteiger partial charge in [-0.25, -0.2) is 0 Å². The highest BCUT2D eigenvalue weighted by Crippen LogP contribution is 2.28. The van der Waals surface area contributed by atoms with Gasteiger partial charge in [-0.15, -0.1) is 0 Å². The zero-order valence-electron chi connectivity index (χ0n) is 7.81. The van der Waals surface area contributed by atoms with Gasteiger partial charge in [0.05, 0.1) is 6.42 Å². The summed E-state index contributed by atoms with van der Waals surface area (Å²) in [7, 11) is 1.53. The van der Waals surface area contributed by atoms with Gasteiger partial charge in [-0.05, 0) is 12.6 Å². The second-order valence-electron chi connectivity index (χ2n) is 3.07. The van der Waals surface area contributed by atoms with Gasteiger partial charge in [0.25, 0.3) is 0 Å². The molecule has 0 aromatic heterocycles. The lowest BCUT2D eigenvalue weighted by atomic mass is 10.0. The maximum absolute atomic E-state index is 12.1. The van der Waals surface area contributed by atoms with Crippen molar-refractivity contribution in [3.63, 3.8) is 0 Å². The zero-order chi connectivity index (χ0) is 10.6. The Hall–Kier alpha value is -1.03. The fourth-order valence-electron chi connectivity index (χ4n) is 1.30. The number of benzene rings is 1. The molecule has 0 amide bonds. The van der Waals surface area contributed by atoms with E-state index in [1.54, 1.807) is 30.3 Å². The molecule has 1 aromatic rings. The Morgan fingerprint density at radius 3 is 2.21 bits per heavy atom. The van der Waals surface area contributed by atoms with E-state index in [9.17, 15) is 13.2 Å². The summed E-state index contributed by atoms with van der Waals surface area (Å²) in [5.41, 5.74) is 0.660. The first-order valence-electron chi connectivity index (χ1n) is 4.32. The molecule has 0 aliphatic rings. The fourth-order valence-corrected chi connectivity index (χ4v) is 1.30. The molecule has 0 spiro atoms. The van der Waals surface area contributed by atoms with Crippen molar-refractivity contribution in [1.82, 2.24) is 5.32 Å². The van der Waals surface area contributed by atoms with Crippen LogP contribution in [0.15, 0.2) is 30.3 Å². The maximum atomic E-state index is 12.1. The van der Waals surface area contributed by atoms with Crippen molar-refractivity contribution >= 4 is 0 Å². The monoisotopic (exact) mass is 203 g/mol. The first kappa shape index (κ1) is 11.0. The van der Waals surface area contributed by atoms with Crippen LogP contribution >= 0.6 is 0 Å². The lowest BCUT2D eigenvalue weighted by molar-refractivity contribution is -0.140. The van der Waals surface area contributed by atoms with Crippen LogP contribution in [0.25, 0.3) is 0 Å². The molecular formula is C10H12F3N. The van der Waals surface area contributed by atoms with Crippen molar-refractivity contribution in [3.05, 3.63) is 35.9 Å². The topological polar surface area (TPSA) is 12.0 Å². The molecule has 1 unspecified atom stereocenters. The molecule has 0 radical (unpaired) electrons. The third kappa shape index (κ3) is 3.38. The number of hydrogen-bond donors (Lipinski definition) is 1. The maximum Gasteiger partial charge on any atom is 0.390 e. The Morgan fingerprint density at radius 1 is 1.21 bits per heavy atom. The Morgan fingerprint density at radius 2 is 1.79 bits per heavy atom. The van der Waals surface area contributed by atoms with Crippen LogP contribution < -0.4 is 5.32 Å². The summed E-state index contributed by atoms with van der Waals surface area (Å²) >= 11 is 0. The van der Waals surface area contributed by atoms with Crippen LogP contribution in [-0.2, 0) is 0 Å². The van der Waals surface area contributed by atoms with E-state index in [0.717, 1.165) is 0 Å². The predicted molar refractivity (Wildman–Crippen MR) is 48.9 cm³/mol. The molecule has 78 valence electrons. The molecule has 14 heavy (non-hydrogen) atoms. The second-order valence-corrected chi connectivity index (χ2v) is 3.07. The lowest BCUT2D eigenvalue weighted by Gasteiger charge is -2.18. The van der Waals surface area contributed by atoms with Crippen molar-refractivity contribution in [2.24, 2.45) is 0 Å². The first-order valence-corrected chi connectivity index (χ1v) is 4.32. The van der Waals surface area contributed by atoms with Gasteiger partial charge in [0.15, 0.2) is 0 Å². The average Bonchev–Trinajstić information content (AvgIpc) is 2.14. The van der Waals surface area contributed by atoms with E-state index in [0.29, 0.717) is 5.56 Å². The van der Waals surface area contributed by atoms with Gasteiger partial charge in [0, 0.05) is 6.04 Å². The van der Waals surface area contributed by atoms with Crippen LogP contribution in [-0.4, -0.2) is 13.2 Å². The van der Waals surface area contributed by atoms with Crippen molar-refractivity contribution in [2.75, 3.05) is 7.05 Å². The Kier molecular flexibility index (Phi) is 3.52. The van der Waals surface area contributed by atoms with Crippen LogP contribution in [0.5, 0.6) is 0 Å². The standard InChI is InChI=1S/C10H12F3N/c1-14-9(7-10(11,12)13)8-5-3-2-4-6-8/h2-6,9,14H,7H2,1H3. The van der Waals surface area contributed by atoms with Crippen molar-refractivity contribution in [2.45, 2.75) is 18.6 Å². The zero-order valence-corrected chi connectivity index (χ0v) is 7.81. The summed E-state index contributed by atoms with van der Waals surface area (Å²) in [6.45, 7) is 0. The van der Waals surface area contributed by atoms with Gasteiger partial charge in [-0.3, -0.25) is 0 Å². The molecule has 4 heteroatoms. The number of halogens is 3. The minimum atomic E-state index is -4.14. The van der Waals surface area contributed by atoms with Crippen molar-refractivity contribution in [3.8, 4) is 0 Å².